The summed E-state index contributed by atoms with van der Waals surface area (Å²) in [4.78, 5) is 15.5. The van der Waals surface area contributed by atoms with Gasteiger partial charge in [-0.3, -0.25) is 9.36 Å². The topological polar surface area (TPSA) is 65.6 Å². The van der Waals surface area contributed by atoms with Crippen molar-refractivity contribution >= 4 is 33.8 Å². The molecule has 1 aliphatic rings. The quantitative estimate of drug-likeness (QED) is 0.487. The van der Waals surface area contributed by atoms with E-state index in [-0.39, 0.29) is 0 Å². The van der Waals surface area contributed by atoms with Crippen LogP contribution in [0.4, 0.5) is 0 Å². The van der Waals surface area contributed by atoms with Crippen LogP contribution in [0.25, 0.3) is 11.4 Å². The normalized spacial score (nSPS) is 12.3. The van der Waals surface area contributed by atoms with Crippen LogP contribution < -0.4 is 0 Å². The Balaban J connectivity index is 2.13. The fourth-order valence-electron chi connectivity index (χ4n) is 2.51. The molecule has 0 fully saturated rings. The molecule has 21 heavy (non-hydrogen) atoms. The summed E-state index contributed by atoms with van der Waals surface area (Å²) in [6.45, 7) is 0. The second kappa shape index (κ2) is 4.51. The van der Waals surface area contributed by atoms with Gasteiger partial charge in [-0.05, 0) is 34.1 Å². The van der Waals surface area contributed by atoms with E-state index in [4.69, 9.17) is 11.6 Å². The van der Waals surface area contributed by atoms with Gasteiger partial charge in [-0.2, -0.15) is 0 Å². The van der Waals surface area contributed by atoms with Gasteiger partial charge in [-0.15, -0.1) is 5.10 Å². The largest absolute Gasteiger partial charge is 0.299 e. The van der Waals surface area contributed by atoms with E-state index in [2.05, 4.69) is 31.2 Å². The van der Waals surface area contributed by atoms with Crippen LogP contribution in [-0.4, -0.2) is 30.8 Å². The second-order valence-corrected chi connectivity index (χ2v) is 5.80. The summed E-state index contributed by atoms with van der Waals surface area (Å²) in [5.41, 5.74) is 3.62. The number of fused-ring (bicyclic) bond motifs is 5. The fraction of sp³-hybridized carbons (Fsp3) is 0.0769. The Labute approximate surface area is 132 Å². The van der Waals surface area contributed by atoms with Gasteiger partial charge in [0.05, 0.1) is 22.8 Å². The van der Waals surface area contributed by atoms with Crippen molar-refractivity contribution in [3.05, 3.63) is 51.2 Å². The minimum Gasteiger partial charge on any atom is -0.299 e. The summed E-state index contributed by atoms with van der Waals surface area (Å²) in [6.07, 6.45) is 2.93. The summed E-state index contributed by atoms with van der Waals surface area (Å²) in [5, 5.41) is 8.61. The highest BCUT2D eigenvalue weighted by Crippen LogP contribution is 2.32. The van der Waals surface area contributed by atoms with Gasteiger partial charge in [0.1, 0.15) is 16.6 Å². The highest BCUT2D eigenvalue weighted by Gasteiger charge is 2.25. The van der Waals surface area contributed by atoms with E-state index in [1.54, 1.807) is 23.1 Å². The minimum atomic E-state index is 0.322. The Morgan fingerprint density at radius 1 is 1.29 bits per heavy atom. The van der Waals surface area contributed by atoms with E-state index in [0.29, 0.717) is 29.1 Å². The minimum absolute atomic E-state index is 0.322. The highest BCUT2D eigenvalue weighted by atomic mass is 79.9. The van der Waals surface area contributed by atoms with E-state index in [1.165, 1.54) is 0 Å². The Hall–Kier alpha value is -1.99. The van der Waals surface area contributed by atoms with Crippen molar-refractivity contribution in [1.29, 1.82) is 0 Å². The number of hydrogen-bond donors (Lipinski definition) is 0. The van der Waals surface area contributed by atoms with Crippen molar-refractivity contribution in [3.8, 4) is 11.4 Å². The van der Waals surface area contributed by atoms with Crippen molar-refractivity contribution in [3.63, 3.8) is 0 Å². The van der Waals surface area contributed by atoms with Crippen molar-refractivity contribution in [2.24, 2.45) is 0 Å². The first-order valence-electron chi connectivity index (χ1n) is 6.11. The molecule has 3 heterocycles. The lowest BCUT2D eigenvalue weighted by Crippen LogP contribution is -2.03. The van der Waals surface area contributed by atoms with Crippen molar-refractivity contribution < 1.29 is 4.79 Å². The summed E-state index contributed by atoms with van der Waals surface area (Å²) < 4.78 is 4.35. The van der Waals surface area contributed by atoms with Gasteiger partial charge in [0.15, 0.2) is 6.29 Å². The molecule has 0 radical (unpaired) electrons. The van der Waals surface area contributed by atoms with Crippen molar-refractivity contribution in [1.82, 2.24) is 24.5 Å². The zero-order valence-electron chi connectivity index (χ0n) is 10.5. The second-order valence-electron chi connectivity index (χ2n) is 4.61. The molecular formula is C13H7BrClN5O. The van der Waals surface area contributed by atoms with Crippen LogP contribution in [0.2, 0.25) is 5.02 Å². The van der Waals surface area contributed by atoms with E-state index in [1.807, 2.05) is 10.6 Å². The molecule has 0 saturated carbocycles. The molecule has 3 aromatic rings. The average Bonchev–Trinajstić information content (AvgIpc) is 3.01. The van der Waals surface area contributed by atoms with Crippen molar-refractivity contribution in [2.45, 2.75) is 6.42 Å². The van der Waals surface area contributed by atoms with Crippen LogP contribution in [-0.2, 0) is 6.42 Å². The molecule has 104 valence electrons. The molecule has 0 amide bonds. The maximum atomic E-state index is 11.2. The number of aldehydes is 1. The molecule has 0 bridgehead atoms. The number of halogens is 2. The summed E-state index contributed by atoms with van der Waals surface area (Å²) >= 11 is 9.55. The molecule has 6 nitrogen and oxygen atoms in total. The molecular weight excluding hydrogens is 358 g/mol. The number of carbonyl (C=O) groups excluding carboxylic acids is 1. The number of imidazole rings is 1. The third kappa shape index (κ3) is 1.77. The molecule has 1 aliphatic heterocycles. The molecule has 0 N–H and O–H groups in total. The summed E-state index contributed by atoms with van der Waals surface area (Å²) in [7, 11) is 0. The van der Waals surface area contributed by atoms with E-state index in [9.17, 15) is 4.79 Å². The van der Waals surface area contributed by atoms with Gasteiger partial charge in [-0.1, -0.05) is 16.8 Å². The van der Waals surface area contributed by atoms with Crippen LogP contribution in [0.3, 0.4) is 0 Å². The summed E-state index contributed by atoms with van der Waals surface area (Å²) in [6, 6.07) is 5.50. The molecule has 0 aliphatic carbocycles. The maximum Gasteiger partial charge on any atom is 0.172 e. The van der Waals surface area contributed by atoms with Gasteiger partial charge in [0.25, 0.3) is 0 Å². The van der Waals surface area contributed by atoms with Crippen molar-refractivity contribution in [2.75, 3.05) is 0 Å². The lowest BCUT2D eigenvalue weighted by Gasteiger charge is -2.09. The van der Waals surface area contributed by atoms with Gasteiger partial charge in [0.2, 0.25) is 0 Å². The van der Waals surface area contributed by atoms with Crippen LogP contribution in [0.15, 0.2) is 29.1 Å². The lowest BCUT2D eigenvalue weighted by molar-refractivity contribution is 0.111. The Morgan fingerprint density at radius 2 is 2.14 bits per heavy atom. The van der Waals surface area contributed by atoms with Crippen LogP contribution in [0.5, 0.6) is 0 Å². The van der Waals surface area contributed by atoms with Crippen LogP contribution in [0, 0.1) is 0 Å². The molecule has 0 spiro atoms. The maximum absolute atomic E-state index is 11.2. The fourth-order valence-corrected chi connectivity index (χ4v) is 3.10. The number of carbonyl (C=O) groups is 1. The van der Waals surface area contributed by atoms with Gasteiger partial charge in [-0.25, -0.2) is 9.67 Å². The monoisotopic (exact) mass is 363 g/mol. The molecule has 2 aromatic heterocycles. The molecule has 8 heteroatoms. The SMILES string of the molecule is O=Cc1nnn2c1Cc1c(Br)ncn1-c1ccc(Cl)cc1-2. The summed E-state index contributed by atoms with van der Waals surface area (Å²) in [5.74, 6) is 0. The first-order valence-corrected chi connectivity index (χ1v) is 7.28. The molecule has 0 saturated heterocycles. The van der Waals surface area contributed by atoms with Gasteiger partial charge >= 0.3 is 0 Å². The van der Waals surface area contributed by atoms with E-state index in [0.717, 1.165) is 21.7 Å². The number of nitrogens with zero attached hydrogens (tertiary/aromatic N) is 5. The third-order valence-electron chi connectivity index (χ3n) is 3.48. The Kier molecular flexibility index (Phi) is 2.73. The van der Waals surface area contributed by atoms with Crippen LogP contribution in [0.1, 0.15) is 21.9 Å². The first-order chi connectivity index (χ1) is 10.2. The predicted octanol–water partition coefficient (Wildman–Crippen LogP) is 2.59. The zero-order valence-corrected chi connectivity index (χ0v) is 12.8. The van der Waals surface area contributed by atoms with Crippen LogP contribution >= 0.6 is 27.5 Å². The van der Waals surface area contributed by atoms with Gasteiger partial charge < -0.3 is 0 Å². The molecule has 0 atom stereocenters. The number of rotatable bonds is 1. The predicted molar refractivity (Wildman–Crippen MR) is 79.4 cm³/mol. The number of benzene rings is 1. The lowest BCUT2D eigenvalue weighted by atomic mass is 10.2. The average molecular weight is 365 g/mol. The number of hydrogen-bond acceptors (Lipinski definition) is 4. The number of aromatic nitrogens is 5. The Bertz CT molecular complexity index is 885. The standard InChI is InChI=1S/C13H7BrClN5O/c14-13-12-4-10-8(5-21)17-18-20(10)11-3-7(15)1-2-9(11)19(12)6-16-13/h1-3,5-6H,4H2. The molecule has 0 unspecified atom stereocenters. The molecule has 1 aromatic carbocycles. The van der Waals surface area contributed by atoms with E-state index < -0.39 is 0 Å². The zero-order chi connectivity index (χ0) is 14.6. The van der Waals surface area contributed by atoms with E-state index >= 15 is 0 Å². The first kappa shape index (κ1) is 12.7. The Morgan fingerprint density at radius 3 is 2.95 bits per heavy atom. The highest BCUT2D eigenvalue weighted by molar-refractivity contribution is 9.10. The molecule has 4 rings (SSSR count). The smallest absolute Gasteiger partial charge is 0.172 e. The third-order valence-corrected chi connectivity index (χ3v) is 4.38. The van der Waals surface area contributed by atoms with Gasteiger partial charge in [0, 0.05) is 11.4 Å².